The van der Waals surface area contributed by atoms with Gasteiger partial charge in [0.25, 0.3) is 0 Å². The highest BCUT2D eigenvalue weighted by molar-refractivity contribution is 5.94. The van der Waals surface area contributed by atoms with E-state index in [0.29, 0.717) is 17.0 Å². The molecule has 0 spiro atoms. The number of nitrogens with one attached hydrogen (secondary N) is 2. The SMILES string of the molecule is CC1=C(C(=O)OC(C)C)C(c2ccccn2)NC(=O)N1. The van der Waals surface area contributed by atoms with Crippen LogP contribution < -0.4 is 10.6 Å². The molecular formula is C14H17N3O3. The molecule has 2 amide bonds. The monoisotopic (exact) mass is 275 g/mol. The Labute approximate surface area is 117 Å². The lowest BCUT2D eigenvalue weighted by Gasteiger charge is -2.27. The van der Waals surface area contributed by atoms with Crippen molar-refractivity contribution in [3.63, 3.8) is 0 Å². The molecule has 6 nitrogen and oxygen atoms in total. The molecule has 1 aromatic heterocycles. The normalized spacial score (nSPS) is 18.6. The lowest BCUT2D eigenvalue weighted by atomic mass is 9.99. The number of carbonyl (C=O) groups is 2. The summed E-state index contributed by atoms with van der Waals surface area (Å²) in [6.45, 7) is 5.22. The number of rotatable bonds is 3. The average molecular weight is 275 g/mol. The van der Waals surface area contributed by atoms with E-state index < -0.39 is 12.0 Å². The summed E-state index contributed by atoms with van der Waals surface area (Å²) < 4.78 is 5.23. The van der Waals surface area contributed by atoms with Gasteiger partial charge in [-0.25, -0.2) is 9.59 Å². The van der Waals surface area contributed by atoms with E-state index >= 15 is 0 Å². The van der Waals surface area contributed by atoms with Gasteiger partial charge in [-0.1, -0.05) is 6.07 Å². The van der Waals surface area contributed by atoms with Crippen LogP contribution in [0.5, 0.6) is 0 Å². The quantitative estimate of drug-likeness (QED) is 0.822. The van der Waals surface area contributed by atoms with Crippen LogP contribution in [0, 0.1) is 0 Å². The molecule has 2 heterocycles. The third-order valence-electron chi connectivity index (χ3n) is 2.82. The van der Waals surface area contributed by atoms with Crippen molar-refractivity contribution in [1.29, 1.82) is 0 Å². The largest absolute Gasteiger partial charge is 0.459 e. The summed E-state index contributed by atoms with van der Waals surface area (Å²) >= 11 is 0. The van der Waals surface area contributed by atoms with Crippen molar-refractivity contribution in [2.75, 3.05) is 0 Å². The predicted octanol–water partition coefficient (Wildman–Crippen LogP) is 1.66. The van der Waals surface area contributed by atoms with E-state index in [1.54, 1.807) is 45.2 Å². The summed E-state index contributed by atoms with van der Waals surface area (Å²) in [4.78, 5) is 28.0. The first kappa shape index (κ1) is 14.0. The molecule has 6 heteroatoms. The number of amides is 2. The molecule has 2 rings (SSSR count). The number of carbonyl (C=O) groups excluding carboxylic acids is 2. The van der Waals surface area contributed by atoms with E-state index in [9.17, 15) is 9.59 Å². The van der Waals surface area contributed by atoms with E-state index in [0.717, 1.165) is 0 Å². The fourth-order valence-corrected chi connectivity index (χ4v) is 2.01. The van der Waals surface area contributed by atoms with Crippen LogP contribution in [0.2, 0.25) is 0 Å². The highest BCUT2D eigenvalue weighted by atomic mass is 16.5. The fourth-order valence-electron chi connectivity index (χ4n) is 2.01. The van der Waals surface area contributed by atoms with Gasteiger partial charge in [-0.2, -0.15) is 0 Å². The molecule has 1 unspecified atom stereocenters. The van der Waals surface area contributed by atoms with Gasteiger partial charge in [0.2, 0.25) is 0 Å². The number of pyridine rings is 1. The maximum atomic E-state index is 12.2. The molecule has 2 N–H and O–H groups in total. The molecule has 1 aromatic rings. The Morgan fingerprint density at radius 2 is 2.15 bits per heavy atom. The van der Waals surface area contributed by atoms with Crippen LogP contribution in [0.1, 0.15) is 32.5 Å². The van der Waals surface area contributed by atoms with E-state index in [2.05, 4.69) is 15.6 Å². The van der Waals surface area contributed by atoms with Crippen molar-refractivity contribution in [2.24, 2.45) is 0 Å². The number of urea groups is 1. The zero-order valence-corrected chi connectivity index (χ0v) is 11.6. The molecule has 0 radical (unpaired) electrons. The van der Waals surface area contributed by atoms with Crippen molar-refractivity contribution >= 4 is 12.0 Å². The van der Waals surface area contributed by atoms with Crippen molar-refractivity contribution in [2.45, 2.75) is 32.9 Å². The zero-order valence-electron chi connectivity index (χ0n) is 11.6. The van der Waals surface area contributed by atoms with Gasteiger partial charge in [-0.15, -0.1) is 0 Å². The number of hydrogen-bond donors (Lipinski definition) is 2. The highest BCUT2D eigenvalue weighted by Gasteiger charge is 2.33. The Balaban J connectivity index is 2.39. The van der Waals surface area contributed by atoms with Gasteiger partial charge in [-0.05, 0) is 32.9 Å². The fraction of sp³-hybridized carbons (Fsp3) is 0.357. The Morgan fingerprint density at radius 3 is 2.75 bits per heavy atom. The van der Waals surface area contributed by atoms with Gasteiger partial charge >= 0.3 is 12.0 Å². The van der Waals surface area contributed by atoms with E-state index in [4.69, 9.17) is 4.74 Å². The molecule has 1 aliphatic heterocycles. The molecule has 20 heavy (non-hydrogen) atoms. The molecule has 0 fully saturated rings. The standard InChI is InChI=1S/C14H17N3O3/c1-8(2)20-13(18)11-9(3)16-14(19)17-12(11)10-6-4-5-7-15-10/h4-8,12H,1-3H3,(H2,16,17,19). The van der Waals surface area contributed by atoms with Crippen LogP contribution in [0.25, 0.3) is 0 Å². The van der Waals surface area contributed by atoms with Crippen LogP contribution in [-0.4, -0.2) is 23.1 Å². The Morgan fingerprint density at radius 1 is 1.40 bits per heavy atom. The number of hydrogen-bond acceptors (Lipinski definition) is 4. The third-order valence-corrected chi connectivity index (χ3v) is 2.82. The van der Waals surface area contributed by atoms with E-state index in [-0.39, 0.29) is 12.1 Å². The first-order valence-corrected chi connectivity index (χ1v) is 6.39. The van der Waals surface area contributed by atoms with Crippen molar-refractivity contribution in [3.8, 4) is 0 Å². The minimum atomic E-state index is -0.601. The second-order valence-corrected chi connectivity index (χ2v) is 4.78. The van der Waals surface area contributed by atoms with Gasteiger partial charge < -0.3 is 15.4 Å². The summed E-state index contributed by atoms with van der Waals surface area (Å²) in [6.07, 6.45) is 1.38. The summed E-state index contributed by atoms with van der Waals surface area (Å²) in [5.74, 6) is -0.458. The first-order chi connectivity index (χ1) is 9.49. The maximum Gasteiger partial charge on any atom is 0.338 e. The number of allylic oxidation sites excluding steroid dienone is 1. The first-order valence-electron chi connectivity index (χ1n) is 6.39. The van der Waals surface area contributed by atoms with Crippen molar-refractivity contribution in [1.82, 2.24) is 15.6 Å². The third kappa shape index (κ3) is 2.96. The molecule has 0 aliphatic carbocycles. The minimum absolute atomic E-state index is 0.232. The molecule has 1 aliphatic rings. The van der Waals surface area contributed by atoms with Gasteiger partial charge in [0.05, 0.1) is 17.4 Å². The van der Waals surface area contributed by atoms with Gasteiger partial charge in [0.1, 0.15) is 6.04 Å². The van der Waals surface area contributed by atoms with Crippen LogP contribution in [-0.2, 0) is 9.53 Å². The van der Waals surface area contributed by atoms with Crippen molar-refractivity contribution in [3.05, 3.63) is 41.4 Å². The molecule has 1 atom stereocenters. The maximum absolute atomic E-state index is 12.2. The Bertz CT molecular complexity index is 552. The minimum Gasteiger partial charge on any atom is -0.459 e. The van der Waals surface area contributed by atoms with Crippen LogP contribution >= 0.6 is 0 Å². The Kier molecular flexibility index (Phi) is 4.02. The lowest BCUT2D eigenvalue weighted by Crippen LogP contribution is -2.45. The molecule has 0 saturated carbocycles. The van der Waals surface area contributed by atoms with Gasteiger partial charge in [0.15, 0.2) is 0 Å². The number of aromatic nitrogens is 1. The number of esters is 1. The summed E-state index contributed by atoms with van der Waals surface area (Å²) in [5, 5.41) is 5.28. The van der Waals surface area contributed by atoms with Gasteiger partial charge in [-0.3, -0.25) is 4.98 Å². The molecular weight excluding hydrogens is 258 g/mol. The second kappa shape index (κ2) is 5.73. The van der Waals surface area contributed by atoms with Crippen LogP contribution in [0.3, 0.4) is 0 Å². The molecule has 0 bridgehead atoms. The highest BCUT2D eigenvalue weighted by Crippen LogP contribution is 2.26. The summed E-state index contributed by atoms with van der Waals surface area (Å²) in [7, 11) is 0. The summed E-state index contributed by atoms with van der Waals surface area (Å²) in [6, 6.07) is 4.37. The van der Waals surface area contributed by atoms with Gasteiger partial charge in [0, 0.05) is 11.9 Å². The lowest BCUT2D eigenvalue weighted by molar-refractivity contribution is -0.143. The number of ether oxygens (including phenoxy) is 1. The van der Waals surface area contributed by atoms with E-state index in [1.165, 1.54) is 0 Å². The van der Waals surface area contributed by atoms with Crippen LogP contribution in [0.15, 0.2) is 35.7 Å². The second-order valence-electron chi connectivity index (χ2n) is 4.78. The zero-order chi connectivity index (χ0) is 14.7. The van der Waals surface area contributed by atoms with Crippen LogP contribution in [0.4, 0.5) is 4.79 Å². The topological polar surface area (TPSA) is 80.3 Å². The molecule has 106 valence electrons. The summed E-state index contributed by atoms with van der Waals surface area (Å²) in [5.41, 5.74) is 1.45. The van der Waals surface area contributed by atoms with Crippen molar-refractivity contribution < 1.29 is 14.3 Å². The van der Waals surface area contributed by atoms with E-state index in [1.807, 2.05) is 0 Å². The molecule has 0 saturated heterocycles. The number of nitrogens with zero attached hydrogens (tertiary/aromatic N) is 1. The Hall–Kier alpha value is -2.37. The molecule has 0 aromatic carbocycles. The average Bonchev–Trinajstić information content (AvgIpc) is 2.37. The predicted molar refractivity (Wildman–Crippen MR) is 72.6 cm³/mol. The smallest absolute Gasteiger partial charge is 0.338 e.